The Hall–Kier alpha value is -2.78. The average Bonchev–Trinajstić information content (AvgIpc) is 2.94. The summed E-state index contributed by atoms with van der Waals surface area (Å²) >= 11 is 4.08. The lowest BCUT2D eigenvalue weighted by atomic mass is 10.2. The van der Waals surface area contributed by atoms with E-state index in [1.165, 1.54) is 12.1 Å². The van der Waals surface area contributed by atoms with Gasteiger partial charge in [0.25, 0.3) is 11.1 Å². The number of halogens is 1. The molecular weight excluding hydrogens is 460 g/mol. The maximum absolute atomic E-state index is 12.6. The number of amides is 3. The average molecular weight is 477 g/mol. The number of nitrogens with zero attached hydrogens (tertiary/aromatic N) is 1. The number of carbonyl (C=O) groups excluding carboxylic acids is 3. The van der Waals surface area contributed by atoms with Gasteiger partial charge in [-0.3, -0.25) is 19.3 Å². The Kier molecular flexibility index (Phi) is 6.60. The maximum Gasteiger partial charge on any atom is 0.294 e. The highest BCUT2D eigenvalue weighted by Gasteiger charge is 2.36. The summed E-state index contributed by atoms with van der Waals surface area (Å²) in [5.41, 5.74) is 1.14. The van der Waals surface area contributed by atoms with E-state index in [9.17, 15) is 19.5 Å². The van der Waals surface area contributed by atoms with Crippen molar-refractivity contribution in [1.82, 2.24) is 4.90 Å². The Labute approximate surface area is 179 Å². The molecule has 150 valence electrons. The predicted molar refractivity (Wildman–Crippen MR) is 115 cm³/mol. The van der Waals surface area contributed by atoms with E-state index in [2.05, 4.69) is 21.2 Å². The van der Waals surface area contributed by atoms with Crippen molar-refractivity contribution in [2.24, 2.45) is 0 Å². The van der Waals surface area contributed by atoms with Crippen LogP contribution in [-0.2, 0) is 9.59 Å². The molecule has 2 N–H and O–H groups in total. The summed E-state index contributed by atoms with van der Waals surface area (Å²) in [5.74, 6) is -0.796. The van der Waals surface area contributed by atoms with Gasteiger partial charge in [0.05, 0.1) is 11.5 Å². The molecule has 2 aromatic rings. The SMILES string of the molecule is CCOc1cc(C=C2SC(=O)N(CC(=O)Nc3ccccc3)C2=O)c(Br)cc1O. The molecule has 29 heavy (non-hydrogen) atoms. The lowest BCUT2D eigenvalue weighted by Crippen LogP contribution is -2.36. The molecular formula is C20H17BrN2O5S. The number of imide groups is 1. The van der Waals surface area contributed by atoms with Crippen LogP contribution >= 0.6 is 27.7 Å². The Bertz CT molecular complexity index is 994. The third kappa shape index (κ3) is 4.99. The molecule has 0 bridgehead atoms. The van der Waals surface area contributed by atoms with Crippen LogP contribution in [0, 0.1) is 0 Å². The zero-order valence-electron chi connectivity index (χ0n) is 15.3. The van der Waals surface area contributed by atoms with E-state index in [0.717, 1.165) is 16.7 Å². The number of hydrogen-bond donors (Lipinski definition) is 2. The Morgan fingerprint density at radius 2 is 2.00 bits per heavy atom. The molecule has 1 fully saturated rings. The van der Waals surface area contributed by atoms with Crippen LogP contribution in [0.2, 0.25) is 0 Å². The molecule has 1 aliphatic rings. The summed E-state index contributed by atoms with van der Waals surface area (Å²) in [5, 5.41) is 12.0. The molecule has 0 saturated carbocycles. The van der Waals surface area contributed by atoms with E-state index < -0.39 is 17.1 Å². The van der Waals surface area contributed by atoms with Crippen LogP contribution in [0.25, 0.3) is 6.08 Å². The monoisotopic (exact) mass is 476 g/mol. The molecule has 0 spiro atoms. The summed E-state index contributed by atoms with van der Waals surface area (Å²) in [7, 11) is 0. The van der Waals surface area contributed by atoms with Crippen molar-refractivity contribution in [3.05, 3.63) is 57.4 Å². The number of aromatic hydroxyl groups is 1. The highest BCUT2D eigenvalue weighted by atomic mass is 79.9. The number of anilines is 1. The van der Waals surface area contributed by atoms with E-state index in [1.807, 2.05) is 6.07 Å². The number of rotatable bonds is 6. The molecule has 0 aliphatic carbocycles. The molecule has 0 aromatic heterocycles. The number of carbonyl (C=O) groups is 3. The normalized spacial score (nSPS) is 15.1. The van der Waals surface area contributed by atoms with E-state index in [0.29, 0.717) is 22.3 Å². The highest BCUT2D eigenvalue weighted by Crippen LogP contribution is 2.37. The summed E-state index contributed by atoms with van der Waals surface area (Å²) in [6.45, 7) is 1.77. The minimum absolute atomic E-state index is 0.0402. The lowest BCUT2D eigenvalue weighted by molar-refractivity contribution is -0.127. The Morgan fingerprint density at radius 3 is 2.69 bits per heavy atom. The fourth-order valence-electron chi connectivity index (χ4n) is 2.58. The van der Waals surface area contributed by atoms with Crippen LogP contribution < -0.4 is 10.1 Å². The molecule has 7 nitrogen and oxygen atoms in total. The first kappa shape index (κ1) is 20.9. The zero-order chi connectivity index (χ0) is 21.0. The Morgan fingerprint density at radius 1 is 1.28 bits per heavy atom. The van der Waals surface area contributed by atoms with Crippen molar-refractivity contribution in [2.75, 3.05) is 18.5 Å². The predicted octanol–water partition coefficient (Wildman–Crippen LogP) is 4.23. The zero-order valence-corrected chi connectivity index (χ0v) is 17.7. The van der Waals surface area contributed by atoms with Gasteiger partial charge in [-0.15, -0.1) is 0 Å². The molecule has 0 atom stereocenters. The summed E-state index contributed by atoms with van der Waals surface area (Å²) < 4.78 is 5.89. The second-order valence-corrected chi connectivity index (χ2v) is 7.80. The van der Waals surface area contributed by atoms with Gasteiger partial charge in [-0.2, -0.15) is 0 Å². The van der Waals surface area contributed by atoms with Gasteiger partial charge in [-0.05, 0) is 54.6 Å². The van der Waals surface area contributed by atoms with Gasteiger partial charge in [0.15, 0.2) is 11.5 Å². The molecule has 2 aromatic carbocycles. The molecule has 1 aliphatic heterocycles. The first-order valence-corrected chi connectivity index (χ1v) is 10.3. The third-order valence-electron chi connectivity index (χ3n) is 3.90. The fourth-order valence-corrected chi connectivity index (χ4v) is 3.86. The minimum atomic E-state index is -0.554. The van der Waals surface area contributed by atoms with Crippen LogP contribution in [0.4, 0.5) is 10.5 Å². The quantitative estimate of drug-likeness (QED) is 0.605. The van der Waals surface area contributed by atoms with Crippen molar-refractivity contribution in [3.63, 3.8) is 0 Å². The molecule has 1 heterocycles. The van der Waals surface area contributed by atoms with E-state index >= 15 is 0 Å². The first-order valence-electron chi connectivity index (χ1n) is 8.64. The highest BCUT2D eigenvalue weighted by molar-refractivity contribution is 9.10. The van der Waals surface area contributed by atoms with Gasteiger partial charge in [0.1, 0.15) is 6.54 Å². The molecule has 0 unspecified atom stereocenters. The van der Waals surface area contributed by atoms with Crippen molar-refractivity contribution in [1.29, 1.82) is 0 Å². The van der Waals surface area contributed by atoms with Gasteiger partial charge < -0.3 is 15.2 Å². The van der Waals surface area contributed by atoms with Crippen LogP contribution in [0.5, 0.6) is 11.5 Å². The van der Waals surface area contributed by atoms with Crippen LogP contribution in [0.3, 0.4) is 0 Å². The van der Waals surface area contributed by atoms with Gasteiger partial charge in [-0.25, -0.2) is 0 Å². The summed E-state index contributed by atoms with van der Waals surface area (Å²) in [6, 6.07) is 11.8. The lowest BCUT2D eigenvalue weighted by Gasteiger charge is -2.12. The third-order valence-corrected chi connectivity index (χ3v) is 5.49. The number of para-hydroxylation sites is 1. The van der Waals surface area contributed by atoms with Crippen LogP contribution in [0.15, 0.2) is 51.8 Å². The molecule has 0 radical (unpaired) electrons. The van der Waals surface area contributed by atoms with Gasteiger partial charge >= 0.3 is 0 Å². The van der Waals surface area contributed by atoms with Gasteiger partial charge in [0, 0.05) is 10.2 Å². The number of hydrogen-bond acceptors (Lipinski definition) is 6. The van der Waals surface area contributed by atoms with Crippen molar-refractivity contribution < 1.29 is 24.2 Å². The first-order chi connectivity index (χ1) is 13.9. The van der Waals surface area contributed by atoms with Crippen molar-refractivity contribution in [3.8, 4) is 11.5 Å². The second kappa shape index (κ2) is 9.15. The molecule has 3 rings (SSSR count). The standard InChI is InChI=1S/C20H17BrN2O5S/c1-2-28-16-8-12(14(21)10-15(16)24)9-17-19(26)23(20(27)29-17)11-18(25)22-13-6-4-3-5-7-13/h3-10,24H,2,11H2,1H3,(H,22,25). The van der Waals surface area contributed by atoms with E-state index in [1.54, 1.807) is 37.3 Å². The minimum Gasteiger partial charge on any atom is -0.504 e. The number of phenolic OH excluding ortho intramolecular Hbond substituents is 1. The van der Waals surface area contributed by atoms with Crippen LogP contribution in [-0.4, -0.2) is 40.2 Å². The fraction of sp³-hybridized carbons (Fsp3) is 0.150. The second-order valence-electron chi connectivity index (χ2n) is 5.96. The summed E-state index contributed by atoms with van der Waals surface area (Å²) in [6.07, 6.45) is 1.52. The smallest absolute Gasteiger partial charge is 0.294 e. The number of thioether (sulfide) groups is 1. The molecule has 3 amide bonds. The summed E-state index contributed by atoms with van der Waals surface area (Å²) in [4.78, 5) is 38.2. The van der Waals surface area contributed by atoms with E-state index in [4.69, 9.17) is 4.74 Å². The van der Waals surface area contributed by atoms with E-state index in [-0.39, 0.29) is 22.9 Å². The van der Waals surface area contributed by atoms with Crippen molar-refractivity contribution >= 4 is 56.5 Å². The van der Waals surface area contributed by atoms with Gasteiger partial charge in [0.2, 0.25) is 5.91 Å². The molecule has 1 saturated heterocycles. The Balaban J connectivity index is 1.76. The van der Waals surface area contributed by atoms with Crippen LogP contribution in [0.1, 0.15) is 12.5 Å². The van der Waals surface area contributed by atoms with Crippen molar-refractivity contribution in [2.45, 2.75) is 6.92 Å². The number of ether oxygens (including phenoxy) is 1. The van der Waals surface area contributed by atoms with Gasteiger partial charge in [-0.1, -0.05) is 34.1 Å². The number of phenols is 1. The number of nitrogens with one attached hydrogen (secondary N) is 1. The largest absolute Gasteiger partial charge is 0.504 e. The maximum atomic E-state index is 12.6. The molecule has 9 heteroatoms. The topological polar surface area (TPSA) is 95.9 Å². The number of benzene rings is 2.